The van der Waals surface area contributed by atoms with Gasteiger partial charge in [-0.3, -0.25) is 14.6 Å². The van der Waals surface area contributed by atoms with E-state index in [0.717, 1.165) is 28.3 Å². The van der Waals surface area contributed by atoms with Crippen LogP contribution in [0.3, 0.4) is 0 Å². The van der Waals surface area contributed by atoms with Crippen molar-refractivity contribution in [1.82, 2.24) is 9.97 Å². The number of carbonyl (C=O) groups is 2. The van der Waals surface area contributed by atoms with Gasteiger partial charge in [-0.2, -0.15) is 0 Å². The largest absolute Gasteiger partial charge is 0.299 e. The summed E-state index contributed by atoms with van der Waals surface area (Å²) in [5, 5.41) is 2.01. The Morgan fingerprint density at radius 3 is 2.46 bits per heavy atom. The third-order valence-electron chi connectivity index (χ3n) is 6.23. The highest BCUT2D eigenvalue weighted by Gasteiger charge is 2.43. The molecule has 0 spiro atoms. The minimum atomic E-state index is -3.79. The van der Waals surface area contributed by atoms with E-state index in [1.165, 1.54) is 12.3 Å². The molecule has 6 nitrogen and oxygen atoms in total. The normalized spacial score (nSPS) is 16.9. The van der Waals surface area contributed by atoms with Gasteiger partial charge in [0.25, 0.3) is 0 Å². The molecule has 0 amide bonds. The Morgan fingerprint density at radius 1 is 0.914 bits per heavy atom. The van der Waals surface area contributed by atoms with Crippen molar-refractivity contribution in [3.05, 3.63) is 102 Å². The van der Waals surface area contributed by atoms with Gasteiger partial charge in [0, 0.05) is 41.9 Å². The predicted octanol–water partition coefficient (Wildman–Crippen LogP) is 4.84. The zero-order valence-corrected chi connectivity index (χ0v) is 19.1. The van der Waals surface area contributed by atoms with Crippen LogP contribution in [0.5, 0.6) is 0 Å². The van der Waals surface area contributed by atoms with Crippen LogP contribution in [0, 0.1) is 5.92 Å². The number of fused-ring (bicyclic) bond motifs is 1. The second-order valence-electron chi connectivity index (χ2n) is 8.62. The summed E-state index contributed by atoms with van der Waals surface area (Å²) in [5.41, 5.74) is 2.31. The summed E-state index contributed by atoms with van der Waals surface area (Å²) in [4.78, 5) is 33.3. The first-order valence-corrected chi connectivity index (χ1v) is 12.7. The fourth-order valence-corrected chi connectivity index (χ4v) is 5.44. The molecule has 2 atom stereocenters. The number of benzene rings is 2. The van der Waals surface area contributed by atoms with Gasteiger partial charge < -0.3 is 0 Å². The van der Waals surface area contributed by atoms with Crippen molar-refractivity contribution >= 4 is 32.2 Å². The molecule has 1 fully saturated rings. The standard InChI is InChI=1S/C27H22N2O4S.CH4/c30-25(14-18-4-5-22-16-28-12-10-21(22)13-18)24-15-23(24)19-6-8-20(9-7-19)26(31)17-34(32,33)27-3-1-2-11-29-27;/h1-13,16,23-24H,14-15,17H2;1H4/t23-,24+;/m0./s1. The van der Waals surface area contributed by atoms with Crippen LogP contribution in [-0.4, -0.2) is 35.7 Å². The van der Waals surface area contributed by atoms with Crippen LogP contribution in [0.1, 0.15) is 41.3 Å². The summed E-state index contributed by atoms with van der Waals surface area (Å²) in [6, 6.07) is 19.4. The molecule has 0 N–H and O–H groups in total. The van der Waals surface area contributed by atoms with Crippen molar-refractivity contribution in [2.75, 3.05) is 5.75 Å². The molecule has 1 aliphatic rings. The number of ketones is 2. The predicted molar refractivity (Wildman–Crippen MR) is 135 cm³/mol. The Balaban J connectivity index is 0.00000289. The molecular formula is C28H26N2O4S. The van der Waals surface area contributed by atoms with Crippen LogP contribution in [0.2, 0.25) is 0 Å². The molecule has 0 radical (unpaired) electrons. The number of rotatable bonds is 8. The number of Topliss-reactive ketones (excluding diaryl/α,β-unsaturated/α-hetero) is 2. The van der Waals surface area contributed by atoms with Crippen LogP contribution in [0.4, 0.5) is 0 Å². The zero-order chi connectivity index (χ0) is 23.7. The monoisotopic (exact) mass is 486 g/mol. The Hall–Kier alpha value is -3.71. The molecule has 0 bridgehead atoms. The summed E-state index contributed by atoms with van der Waals surface area (Å²) < 4.78 is 24.8. The van der Waals surface area contributed by atoms with E-state index in [-0.39, 0.29) is 30.1 Å². The molecule has 1 aliphatic carbocycles. The first kappa shape index (κ1) is 24.4. The van der Waals surface area contributed by atoms with Crippen LogP contribution in [-0.2, 0) is 21.1 Å². The highest BCUT2D eigenvalue weighted by Crippen LogP contribution is 2.48. The van der Waals surface area contributed by atoms with Gasteiger partial charge in [0.15, 0.2) is 10.8 Å². The Kier molecular flexibility index (Phi) is 6.89. The number of aromatic nitrogens is 2. The van der Waals surface area contributed by atoms with Crippen molar-refractivity contribution in [3.8, 4) is 0 Å². The van der Waals surface area contributed by atoms with E-state index >= 15 is 0 Å². The topological polar surface area (TPSA) is 94.1 Å². The van der Waals surface area contributed by atoms with E-state index in [2.05, 4.69) is 9.97 Å². The third-order valence-corrected chi connectivity index (χ3v) is 7.75. The van der Waals surface area contributed by atoms with Crippen molar-refractivity contribution < 1.29 is 18.0 Å². The third kappa shape index (κ3) is 5.35. The van der Waals surface area contributed by atoms with Gasteiger partial charge in [-0.15, -0.1) is 0 Å². The van der Waals surface area contributed by atoms with E-state index in [9.17, 15) is 18.0 Å². The van der Waals surface area contributed by atoms with E-state index in [1.54, 1.807) is 36.7 Å². The van der Waals surface area contributed by atoms with Crippen molar-refractivity contribution in [3.63, 3.8) is 0 Å². The number of pyridine rings is 2. The minimum Gasteiger partial charge on any atom is -0.299 e. The molecule has 35 heavy (non-hydrogen) atoms. The average molecular weight is 487 g/mol. The van der Waals surface area contributed by atoms with Gasteiger partial charge in [0.05, 0.1) is 0 Å². The summed E-state index contributed by atoms with van der Waals surface area (Å²) in [6.45, 7) is 0. The van der Waals surface area contributed by atoms with E-state index in [0.29, 0.717) is 12.0 Å². The van der Waals surface area contributed by atoms with Gasteiger partial charge in [0.1, 0.15) is 11.5 Å². The van der Waals surface area contributed by atoms with Gasteiger partial charge in [-0.25, -0.2) is 13.4 Å². The molecule has 0 unspecified atom stereocenters. The second-order valence-corrected chi connectivity index (χ2v) is 10.6. The molecule has 4 aromatic rings. The van der Waals surface area contributed by atoms with Crippen molar-refractivity contribution in [2.45, 2.75) is 31.2 Å². The fraction of sp³-hybridized carbons (Fsp3) is 0.214. The maximum Gasteiger partial charge on any atom is 0.203 e. The fourth-order valence-electron chi connectivity index (χ4n) is 4.27. The number of hydrogen-bond donors (Lipinski definition) is 0. The molecule has 1 saturated carbocycles. The summed E-state index contributed by atoms with van der Waals surface area (Å²) in [7, 11) is -3.79. The highest BCUT2D eigenvalue weighted by atomic mass is 32.2. The minimum absolute atomic E-state index is 0. The molecular weight excluding hydrogens is 460 g/mol. The highest BCUT2D eigenvalue weighted by molar-refractivity contribution is 7.92. The summed E-state index contributed by atoms with van der Waals surface area (Å²) in [6.07, 6.45) is 6.11. The summed E-state index contributed by atoms with van der Waals surface area (Å²) >= 11 is 0. The maximum atomic E-state index is 12.8. The Morgan fingerprint density at radius 2 is 1.71 bits per heavy atom. The second kappa shape index (κ2) is 9.88. The molecule has 7 heteroatoms. The molecule has 5 rings (SSSR count). The average Bonchev–Trinajstić information content (AvgIpc) is 3.66. The van der Waals surface area contributed by atoms with E-state index < -0.39 is 21.4 Å². The summed E-state index contributed by atoms with van der Waals surface area (Å²) in [5.74, 6) is -0.791. The lowest BCUT2D eigenvalue weighted by Gasteiger charge is -2.06. The van der Waals surface area contributed by atoms with Crippen molar-refractivity contribution in [1.29, 1.82) is 0 Å². The molecule has 0 aliphatic heterocycles. The van der Waals surface area contributed by atoms with Gasteiger partial charge >= 0.3 is 0 Å². The van der Waals surface area contributed by atoms with Crippen molar-refractivity contribution in [2.24, 2.45) is 5.92 Å². The number of carbonyl (C=O) groups excluding carboxylic acids is 2. The maximum absolute atomic E-state index is 12.8. The molecule has 178 valence electrons. The van der Waals surface area contributed by atoms with Gasteiger partial charge in [-0.05, 0) is 47.1 Å². The lowest BCUT2D eigenvalue weighted by atomic mass is 10.00. The van der Waals surface area contributed by atoms with Gasteiger partial charge in [0.2, 0.25) is 9.84 Å². The Labute approximate surface area is 205 Å². The molecule has 2 aromatic carbocycles. The van der Waals surface area contributed by atoms with Crippen LogP contribution >= 0.6 is 0 Å². The quantitative estimate of drug-likeness (QED) is 0.331. The van der Waals surface area contributed by atoms with Crippen LogP contribution in [0.25, 0.3) is 10.8 Å². The number of sulfone groups is 1. The molecule has 2 heterocycles. The number of nitrogens with zero attached hydrogens (tertiary/aromatic N) is 2. The van der Waals surface area contributed by atoms with Crippen LogP contribution in [0.15, 0.2) is 90.3 Å². The lowest BCUT2D eigenvalue weighted by Crippen LogP contribution is -2.17. The molecule has 2 aromatic heterocycles. The smallest absolute Gasteiger partial charge is 0.203 e. The van der Waals surface area contributed by atoms with E-state index in [4.69, 9.17) is 0 Å². The lowest BCUT2D eigenvalue weighted by molar-refractivity contribution is -0.119. The zero-order valence-electron chi connectivity index (χ0n) is 18.3. The SMILES string of the molecule is C.O=C(CS(=O)(=O)c1ccccn1)c1ccc([C@@H]2C[C@H]2C(=O)Cc2ccc3cnccc3c2)cc1. The first-order valence-electron chi connectivity index (χ1n) is 11.0. The van der Waals surface area contributed by atoms with Gasteiger partial charge in [-0.1, -0.05) is 56.0 Å². The Bertz CT molecular complexity index is 1480. The van der Waals surface area contributed by atoms with E-state index in [1.807, 2.05) is 36.4 Å². The first-order chi connectivity index (χ1) is 16.4. The number of hydrogen-bond acceptors (Lipinski definition) is 6. The molecule has 0 saturated heterocycles. The van der Waals surface area contributed by atoms with Crippen LogP contribution < -0.4 is 0 Å².